The smallest absolute Gasteiger partial charge is 0.269 e. The molecule has 174 valence electrons. The Hall–Kier alpha value is -3.80. The highest BCUT2D eigenvalue weighted by Crippen LogP contribution is 2.40. The minimum Gasteiger partial charge on any atom is -0.485 e. The van der Waals surface area contributed by atoms with Gasteiger partial charge in [0.25, 0.3) is 11.8 Å². The van der Waals surface area contributed by atoms with Crippen molar-refractivity contribution in [3.05, 3.63) is 90.0 Å². The summed E-state index contributed by atoms with van der Waals surface area (Å²) in [6.45, 7) is 0.765. The first-order valence-electron chi connectivity index (χ1n) is 11.8. The predicted molar refractivity (Wildman–Crippen MR) is 130 cm³/mol. The third-order valence-corrected chi connectivity index (χ3v) is 6.75. The van der Waals surface area contributed by atoms with E-state index in [9.17, 15) is 9.59 Å². The molecule has 2 N–H and O–H groups in total. The molecule has 2 aliphatic rings. The number of nitrogens with one attached hydrogen (secondary N) is 2. The first-order valence-corrected chi connectivity index (χ1v) is 11.8. The summed E-state index contributed by atoms with van der Waals surface area (Å²) in [6.07, 6.45) is 3.79. The summed E-state index contributed by atoms with van der Waals surface area (Å²) >= 11 is 0. The van der Waals surface area contributed by atoms with Crippen LogP contribution in [0.25, 0.3) is 0 Å². The number of amides is 2. The molecule has 6 heteroatoms. The van der Waals surface area contributed by atoms with Crippen molar-refractivity contribution in [1.29, 1.82) is 0 Å². The van der Waals surface area contributed by atoms with Crippen molar-refractivity contribution in [2.45, 2.75) is 37.2 Å². The average molecular weight is 457 g/mol. The zero-order valence-corrected chi connectivity index (χ0v) is 19.0. The third-order valence-electron chi connectivity index (χ3n) is 6.75. The fraction of sp³-hybridized carbons (Fsp3) is 0.286. The number of hydrogen-bond donors (Lipinski definition) is 2. The van der Waals surface area contributed by atoms with Crippen molar-refractivity contribution >= 4 is 17.5 Å². The monoisotopic (exact) mass is 456 g/mol. The molecular weight excluding hydrogens is 428 g/mol. The third kappa shape index (κ3) is 4.62. The number of benzene rings is 3. The molecule has 1 heterocycles. The molecule has 3 aromatic carbocycles. The Morgan fingerprint density at radius 3 is 2.26 bits per heavy atom. The SMILES string of the molecule is O=C(NCC1(c2ccccc2)CCCC1)c1ccc(NC(=O)[C@H]2COc3ccccc3O2)cc1. The molecule has 0 aromatic heterocycles. The van der Waals surface area contributed by atoms with Crippen LogP contribution in [0.1, 0.15) is 41.6 Å². The first-order chi connectivity index (χ1) is 16.6. The van der Waals surface area contributed by atoms with Crippen LogP contribution in [0.2, 0.25) is 0 Å². The molecule has 5 rings (SSSR count). The van der Waals surface area contributed by atoms with Gasteiger partial charge in [-0.25, -0.2) is 0 Å². The van der Waals surface area contributed by atoms with Gasteiger partial charge in [0.1, 0.15) is 6.61 Å². The van der Waals surface area contributed by atoms with Crippen LogP contribution in [0.3, 0.4) is 0 Å². The summed E-state index contributed by atoms with van der Waals surface area (Å²) in [6, 6.07) is 24.7. The van der Waals surface area contributed by atoms with Gasteiger partial charge < -0.3 is 20.1 Å². The molecule has 0 bridgehead atoms. The molecule has 1 atom stereocenters. The zero-order chi connectivity index (χ0) is 23.4. The molecule has 0 saturated heterocycles. The van der Waals surface area contributed by atoms with Crippen molar-refractivity contribution in [2.75, 3.05) is 18.5 Å². The van der Waals surface area contributed by atoms with E-state index in [1.165, 1.54) is 18.4 Å². The summed E-state index contributed by atoms with van der Waals surface area (Å²) < 4.78 is 11.4. The highest BCUT2D eigenvalue weighted by molar-refractivity contribution is 5.97. The Bertz CT molecular complexity index is 1150. The number of anilines is 1. The summed E-state index contributed by atoms with van der Waals surface area (Å²) in [5, 5.41) is 5.98. The Kier molecular flexibility index (Phi) is 6.21. The maximum Gasteiger partial charge on any atom is 0.269 e. The van der Waals surface area contributed by atoms with E-state index in [1.54, 1.807) is 30.3 Å². The predicted octanol–water partition coefficient (Wildman–Crippen LogP) is 4.71. The van der Waals surface area contributed by atoms with E-state index >= 15 is 0 Å². The molecule has 0 spiro atoms. The molecule has 0 unspecified atom stereocenters. The van der Waals surface area contributed by atoms with Crippen LogP contribution >= 0.6 is 0 Å². The Morgan fingerprint density at radius 1 is 0.853 bits per heavy atom. The largest absolute Gasteiger partial charge is 0.485 e. The van der Waals surface area contributed by atoms with E-state index in [0.717, 1.165) is 12.8 Å². The van der Waals surface area contributed by atoms with Gasteiger partial charge >= 0.3 is 0 Å². The van der Waals surface area contributed by atoms with Crippen molar-refractivity contribution in [2.24, 2.45) is 0 Å². The Balaban J connectivity index is 1.18. The first kappa shape index (κ1) is 22.0. The van der Waals surface area contributed by atoms with Gasteiger partial charge in [0.2, 0.25) is 6.10 Å². The van der Waals surface area contributed by atoms with Crippen molar-refractivity contribution in [1.82, 2.24) is 5.32 Å². The number of hydrogen-bond acceptors (Lipinski definition) is 4. The number of fused-ring (bicyclic) bond motifs is 1. The van der Waals surface area contributed by atoms with Gasteiger partial charge in [-0.2, -0.15) is 0 Å². The quantitative estimate of drug-likeness (QED) is 0.563. The molecule has 1 saturated carbocycles. The highest BCUT2D eigenvalue weighted by Gasteiger charge is 2.35. The van der Waals surface area contributed by atoms with Gasteiger partial charge in [0.15, 0.2) is 11.5 Å². The van der Waals surface area contributed by atoms with Crippen molar-refractivity contribution < 1.29 is 19.1 Å². The zero-order valence-electron chi connectivity index (χ0n) is 19.0. The number of ether oxygens (including phenoxy) is 2. The van der Waals surface area contributed by atoms with E-state index in [-0.39, 0.29) is 23.8 Å². The van der Waals surface area contributed by atoms with Crippen LogP contribution in [-0.4, -0.2) is 31.1 Å². The molecule has 0 radical (unpaired) electrons. The summed E-state index contributed by atoms with van der Waals surface area (Å²) in [5.74, 6) is 0.781. The lowest BCUT2D eigenvalue weighted by Crippen LogP contribution is -2.40. The number of para-hydroxylation sites is 2. The van der Waals surface area contributed by atoms with Gasteiger partial charge in [0, 0.05) is 23.2 Å². The van der Waals surface area contributed by atoms with E-state index in [2.05, 4.69) is 34.9 Å². The second kappa shape index (κ2) is 9.59. The van der Waals surface area contributed by atoms with Gasteiger partial charge in [-0.05, 0) is 54.8 Å². The van der Waals surface area contributed by atoms with Crippen molar-refractivity contribution in [3.8, 4) is 11.5 Å². The minimum absolute atomic E-state index is 0.00548. The molecule has 1 aliphatic heterocycles. The van der Waals surface area contributed by atoms with Crippen LogP contribution in [0.4, 0.5) is 5.69 Å². The van der Waals surface area contributed by atoms with Crippen LogP contribution in [0.5, 0.6) is 11.5 Å². The number of rotatable bonds is 6. The highest BCUT2D eigenvalue weighted by atomic mass is 16.6. The van der Waals surface area contributed by atoms with E-state index < -0.39 is 6.10 Å². The minimum atomic E-state index is -0.738. The van der Waals surface area contributed by atoms with E-state index in [1.807, 2.05) is 24.3 Å². The second-order valence-corrected chi connectivity index (χ2v) is 8.97. The lowest BCUT2D eigenvalue weighted by Gasteiger charge is -2.30. The molecule has 34 heavy (non-hydrogen) atoms. The molecule has 3 aromatic rings. The number of carbonyl (C=O) groups excluding carboxylic acids is 2. The molecule has 6 nitrogen and oxygen atoms in total. The van der Waals surface area contributed by atoms with Gasteiger partial charge in [-0.1, -0.05) is 55.3 Å². The lowest BCUT2D eigenvalue weighted by molar-refractivity contribution is -0.125. The summed E-state index contributed by atoms with van der Waals surface area (Å²) in [5.41, 5.74) is 2.46. The lowest BCUT2D eigenvalue weighted by atomic mass is 9.79. The molecule has 1 fully saturated rings. The Labute approximate surface area is 199 Å². The summed E-state index contributed by atoms with van der Waals surface area (Å²) in [7, 11) is 0. The topological polar surface area (TPSA) is 76.7 Å². The maximum absolute atomic E-state index is 12.8. The fourth-order valence-electron chi connectivity index (χ4n) is 4.84. The second-order valence-electron chi connectivity index (χ2n) is 8.97. The molecular formula is C28H28N2O4. The summed E-state index contributed by atoms with van der Waals surface area (Å²) in [4.78, 5) is 25.5. The normalized spacial score (nSPS) is 18.2. The van der Waals surface area contributed by atoms with Crippen LogP contribution in [-0.2, 0) is 10.2 Å². The van der Waals surface area contributed by atoms with Gasteiger partial charge in [-0.15, -0.1) is 0 Å². The molecule has 1 aliphatic carbocycles. The van der Waals surface area contributed by atoms with Crippen molar-refractivity contribution in [3.63, 3.8) is 0 Å². The van der Waals surface area contributed by atoms with Crippen LogP contribution < -0.4 is 20.1 Å². The number of carbonyl (C=O) groups is 2. The Morgan fingerprint density at radius 2 is 1.53 bits per heavy atom. The van der Waals surface area contributed by atoms with Gasteiger partial charge in [0.05, 0.1) is 0 Å². The van der Waals surface area contributed by atoms with Gasteiger partial charge in [-0.3, -0.25) is 9.59 Å². The van der Waals surface area contributed by atoms with E-state index in [4.69, 9.17) is 9.47 Å². The van der Waals surface area contributed by atoms with Crippen LogP contribution in [0, 0.1) is 0 Å². The van der Waals surface area contributed by atoms with Crippen LogP contribution in [0.15, 0.2) is 78.9 Å². The van der Waals surface area contributed by atoms with E-state index in [0.29, 0.717) is 29.3 Å². The fourth-order valence-corrected chi connectivity index (χ4v) is 4.84. The maximum atomic E-state index is 12.8. The molecule has 2 amide bonds. The average Bonchev–Trinajstić information content (AvgIpc) is 3.38. The standard InChI is InChI=1S/C28H28N2O4/c31-26(29-19-28(16-6-7-17-28)21-8-2-1-3-9-21)20-12-14-22(15-13-20)30-27(32)25-18-33-23-10-4-5-11-24(23)34-25/h1-5,8-15,25H,6-7,16-19H2,(H,29,31)(H,30,32)/t25-/m1/s1.